The SMILES string of the molecule is Cc1ccc(NS(=O)(=O)c2cccnc2Nc2cccc(F)c2)cc1. The van der Waals surface area contributed by atoms with Crippen molar-refractivity contribution < 1.29 is 12.8 Å². The Morgan fingerprint density at radius 2 is 1.72 bits per heavy atom. The third kappa shape index (κ3) is 4.13. The Morgan fingerprint density at radius 3 is 2.44 bits per heavy atom. The monoisotopic (exact) mass is 357 g/mol. The molecule has 0 atom stereocenters. The van der Waals surface area contributed by atoms with Crippen LogP contribution >= 0.6 is 0 Å². The summed E-state index contributed by atoms with van der Waals surface area (Å²) in [5, 5.41) is 2.84. The van der Waals surface area contributed by atoms with Crippen molar-refractivity contribution in [1.82, 2.24) is 4.98 Å². The Balaban J connectivity index is 1.92. The van der Waals surface area contributed by atoms with E-state index in [4.69, 9.17) is 0 Å². The van der Waals surface area contributed by atoms with E-state index >= 15 is 0 Å². The molecule has 0 radical (unpaired) electrons. The number of benzene rings is 2. The number of nitrogens with one attached hydrogen (secondary N) is 2. The minimum Gasteiger partial charge on any atom is -0.339 e. The van der Waals surface area contributed by atoms with Crippen molar-refractivity contribution in [3.63, 3.8) is 0 Å². The molecule has 128 valence electrons. The van der Waals surface area contributed by atoms with Gasteiger partial charge in [0.2, 0.25) is 0 Å². The Bertz CT molecular complexity index is 989. The van der Waals surface area contributed by atoms with Crippen LogP contribution < -0.4 is 10.0 Å². The van der Waals surface area contributed by atoms with Crippen LogP contribution in [0.4, 0.5) is 21.6 Å². The minimum absolute atomic E-state index is 0.0279. The van der Waals surface area contributed by atoms with Crippen molar-refractivity contribution in [1.29, 1.82) is 0 Å². The first-order valence-corrected chi connectivity index (χ1v) is 8.99. The summed E-state index contributed by atoms with van der Waals surface area (Å²) in [4.78, 5) is 4.05. The van der Waals surface area contributed by atoms with E-state index in [9.17, 15) is 12.8 Å². The molecule has 1 aromatic heterocycles. The summed E-state index contributed by atoms with van der Waals surface area (Å²) in [6.07, 6.45) is 1.46. The van der Waals surface area contributed by atoms with Crippen molar-refractivity contribution in [2.24, 2.45) is 0 Å². The standard InChI is InChI=1S/C18H16FN3O2S/c1-13-7-9-15(10-8-13)22-25(23,24)17-6-3-11-20-18(17)21-16-5-2-4-14(19)12-16/h2-12,22H,1H3,(H,20,21). The Labute approximate surface area is 145 Å². The molecule has 0 aliphatic heterocycles. The maximum Gasteiger partial charge on any atom is 0.265 e. The van der Waals surface area contributed by atoms with Crippen molar-refractivity contribution in [3.8, 4) is 0 Å². The average molecular weight is 357 g/mol. The lowest BCUT2D eigenvalue weighted by molar-refractivity contribution is 0.601. The Morgan fingerprint density at radius 1 is 0.960 bits per heavy atom. The molecule has 5 nitrogen and oxygen atoms in total. The van der Waals surface area contributed by atoms with Crippen molar-refractivity contribution in [3.05, 3.63) is 78.2 Å². The third-order valence-corrected chi connectivity index (χ3v) is 4.86. The maximum atomic E-state index is 13.3. The number of rotatable bonds is 5. The summed E-state index contributed by atoms with van der Waals surface area (Å²) in [7, 11) is -3.86. The molecule has 0 bridgehead atoms. The molecular formula is C18H16FN3O2S. The molecule has 3 aromatic rings. The van der Waals surface area contributed by atoms with Crippen LogP contribution in [-0.2, 0) is 10.0 Å². The highest BCUT2D eigenvalue weighted by atomic mass is 32.2. The van der Waals surface area contributed by atoms with Gasteiger partial charge >= 0.3 is 0 Å². The highest BCUT2D eigenvalue weighted by molar-refractivity contribution is 7.92. The molecule has 0 aliphatic rings. The maximum absolute atomic E-state index is 13.3. The number of hydrogen-bond acceptors (Lipinski definition) is 4. The second-order valence-electron chi connectivity index (χ2n) is 5.46. The topological polar surface area (TPSA) is 71.1 Å². The minimum atomic E-state index is -3.86. The van der Waals surface area contributed by atoms with Crippen LogP contribution in [0.5, 0.6) is 0 Å². The van der Waals surface area contributed by atoms with Crippen LogP contribution in [0.1, 0.15) is 5.56 Å². The number of pyridine rings is 1. The van der Waals surface area contributed by atoms with Gasteiger partial charge in [-0.05, 0) is 49.4 Å². The van der Waals surface area contributed by atoms with Crippen LogP contribution in [0, 0.1) is 12.7 Å². The molecule has 0 spiro atoms. The van der Waals surface area contributed by atoms with Crippen LogP contribution in [0.2, 0.25) is 0 Å². The Kier molecular flexibility index (Phi) is 4.67. The zero-order chi connectivity index (χ0) is 17.9. The highest BCUT2D eigenvalue weighted by Gasteiger charge is 2.19. The zero-order valence-corrected chi connectivity index (χ0v) is 14.2. The fourth-order valence-corrected chi connectivity index (χ4v) is 3.41. The predicted molar refractivity (Wildman–Crippen MR) is 95.9 cm³/mol. The molecule has 2 N–H and O–H groups in total. The number of sulfonamides is 1. The summed E-state index contributed by atoms with van der Waals surface area (Å²) >= 11 is 0. The van der Waals surface area contributed by atoms with Gasteiger partial charge < -0.3 is 5.32 Å². The number of halogens is 1. The lowest BCUT2D eigenvalue weighted by atomic mass is 10.2. The van der Waals surface area contributed by atoms with Gasteiger partial charge in [0.05, 0.1) is 0 Å². The second-order valence-corrected chi connectivity index (χ2v) is 7.11. The average Bonchev–Trinajstić information content (AvgIpc) is 2.57. The Hall–Kier alpha value is -2.93. The number of hydrogen-bond donors (Lipinski definition) is 2. The van der Waals surface area contributed by atoms with Gasteiger partial charge in [-0.3, -0.25) is 4.72 Å². The highest BCUT2D eigenvalue weighted by Crippen LogP contribution is 2.25. The molecule has 0 saturated heterocycles. The summed E-state index contributed by atoms with van der Waals surface area (Å²) in [5.41, 5.74) is 1.88. The van der Waals surface area contributed by atoms with Crippen LogP contribution in [0.3, 0.4) is 0 Å². The molecular weight excluding hydrogens is 341 g/mol. The van der Waals surface area contributed by atoms with Gasteiger partial charge in [0, 0.05) is 17.6 Å². The molecule has 25 heavy (non-hydrogen) atoms. The molecule has 2 aromatic carbocycles. The molecule has 0 unspecified atom stereocenters. The number of anilines is 3. The predicted octanol–water partition coefficient (Wildman–Crippen LogP) is 4.07. The van der Waals surface area contributed by atoms with E-state index < -0.39 is 15.8 Å². The molecule has 7 heteroatoms. The summed E-state index contributed by atoms with van der Waals surface area (Å²) in [6, 6.07) is 15.7. The van der Waals surface area contributed by atoms with Gasteiger partial charge in [-0.1, -0.05) is 23.8 Å². The molecule has 0 amide bonds. The zero-order valence-electron chi connectivity index (χ0n) is 13.4. The van der Waals surface area contributed by atoms with Crippen molar-refractivity contribution >= 4 is 27.2 Å². The van der Waals surface area contributed by atoms with E-state index in [0.29, 0.717) is 11.4 Å². The molecule has 1 heterocycles. The first-order chi connectivity index (χ1) is 11.9. The number of aryl methyl sites for hydroxylation is 1. The molecule has 0 aliphatic carbocycles. The number of aromatic nitrogens is 1. The van der Waals surface area contributed by atoms with E-state index in [1.54, 1.807) is 18.2 Å². The van der Waals surface area contributed by atoms with E-state index in [-0.39, 0.29) is 10.7 Å². The van der Waals surface area contributed by atoms with E-state index in [1.807, 2.05) is 19.1 Å². The fraction of sp³-hybridized carbons (Fsp3) is 0.0556. The van der Waals surface area contributed by atoms with E-state index in [0.717, 1.165) is 5.56 Å². The van der Waals surface area contributed by atoms with Crippen LogP contribution in [-0.4, -0.2) is 13.4 Å². The smallest absolute Gasteiger partial charge is 0.265 e. The van der Waals surface area contributed by atoms with Crippen molar-refractivity contribution in [2.45, 2.75) is 11.8 Å². The summed E-state index contributed by atoms with van der Waals surface area (Å²) in [5.74, 6) is -0.309. The first-order valence-electron chi connectivity index (χ1n) is 7.51. The molecule has 0 fully saturated rings. The third-order valence-electron chi connectivity index (χ3n) is 3.45. The van der Waals surface area contributed by atoms with Gasteiger partial charge in [-0.15, -0.1) is 0 Å². The van der Waals surface area contributed by atoms with Gasteiger partial charge in [0.25, 0.3) is 10.0 Å². The molecule has 0 saturated carbocycles. The van der Waals surface area contributed by atoms with Gasteiger partial charge in [0.15, 0.2) is 5.82 Å². The van der Waals surface area contributed by atoms with Crippen LogP contribution in [0.15, 0.2) is 71.8 Å². The number of nitrogens with zero attached hydrogens (tertiary/aromatic N) is 1. The fourth-order valence-electron chi connectivity index (χ4n) is 2.24. The van der Waals surface area contributed by atoms with Gasteiger partial charge in [0.1, 0.15) is 10.7 Å². The lowest BCUT2D eigenvalue weighted by Crippen LogP contribution is -2.15. The van der Waals surface area contributed by atoms with Crippen LogP contribution in [0.25, 0.3) is 0 Å². The normalized spacial score (nSPS) is 11.1. The first kappa shape index (κ1) is 16.9. The molecule has 3 rings (SSSR count). The summed E-state index contributed by atoms with van der Waals surface area (Å²) in [6.45, 7) is 1.92. The lowest BCUT2D eigenvalue weighted by Gasteiger charge is -2.13. The van der Waals surface area contributed by atoms with E-state index in [2.05, 4.69) is 15.0 Å². The van der Waals surface area contributed by atoms with E-state index in [1.165, 1.54) is 36.5 Å². The largest absolute Gasteiger partial charge is 0.339 e. The summed E-state index contributed by atoms with van der Waals surface area (Å²) < 4.78 is 41.2. The van der Waals surface area contributed by atoms with Gasteiger partial charge in [-0.25, -0.2) is 17.8 Å². The van der Waals surface area contributed by atoms with Crippen molar-refractivity contribution in [2.75, 3.05) is 10.0 Å². The second kappa shape index (κ2) is 6.90. The quantitative estimate of drug-likeness (QED) is 0.722. The van der Waals surface area contributed by atoms with Gasteiger partial charge in [-0.2, -0.15) is 0 Å².